The Morgan fingerprint density at radius 2 is 1.85 bits per heavy atom. The Bertz CT molecular complexity index is 869. The van der Waals surface area contributed by atoms with E-state index in [1.54, 1.807) is 12.1 Å². The molecule has 1 aliphatic rings. The Morgan fingerprint density at radius 1 is 1.11 bits per heavy atom. The van der Waals surface area contributed by atoms with Gasteiger partial charge in [-0.3, -0.25) is 0 Å². The van der Waals surface area contributed by atoms with E-state index in [1.807, 2.05) is 37.3 Å². The summed E-state index contributed by atoms with van der Waals surface area (Å²) < 4.78 is 44.5. The third-order valence-electron chi connectivity index (χ3n) is 4.71. The molecular formula is C20H25NO5S. The van der Waals surface area contributed by atoms with Gasteiger partial charge in [-0.2, -0.15) is 4.31 Å². The molecule has 1 fully saturated rings. The largest absolute Gasteiger partial charge is 0.497 e. The van der Waals surface area contributed by atoms with Crippen LogP contribution < -0.4 is 9.47 Å². The first-order valence-electron chi connectivity index (χ1n) is 8.85. The van der Waals surface area contributed by atoms with E-state index in [0.29, 0.717) is 25.3 Å². The SMILES string of the molecule is COc1ccc(S(=O)(=O)N2CC(Cc3ccccc3)OCC2C)c(OC)c1. The van der Waals surface area contributed by atoms with Crippen molar-refractivity contribution in [2.75, 3.05) is 27.4 Å². The Morgan fingerprint density at radius 3 is 2.52 bits per heavy atom. The van der Waals surface area contributed by atoms with Crippen molar-refractivity contribution < 1.29 is 22.6 Å². The highest BCUT2D eigenvalue weighted by molar-refractivity contribution is 7.89. The molecule has 27 heavy (non-hydrogen) atoms. The van der Waals surface area contributed by atoms with Gasteiger partial charge in [-0.05, 0) is 31.0 Å². The number of morpholine rings is 1. The third kappa shape index (κ3) is 4.26. The van der Waals surface area contributed by atoms with Gasteiger partial charge in [-0.15, -0.1) is 0 Å². The third-order valence-corrected chi connectivity index (χ3v) is 6.73. The van der Waals surface area contributed by atoms with Gasteiger partial charge in [-0.1, -0.05) is 30.3 Å². The first-order valence-corrected chi connectivity index (χ1v) is 10.3. The Kier molecular flexibility index (Phi) is 6.04. The normalized spacial score (nSPS) is 21.0. The number of rotatable bonds is 6. The first-order chi connectivity index (χ1) is 13.0. The lowest BCUT2D eigenvalue weighted by molar-refractivity contribution is -0.0265. The predicted octanol–water partition coefficient (Wildman–Crippen LogP) is 2.72. The average Bonchev–Trinajstić information content (AvgIpc) is 2.69. The van der Waals surface area contributed by atoms with Crippen molar-refractivity contribution in [3.05, 3.63) is 54.1 Å². The van der Waals surface area contributed by atoms with Crippen molar-refractivity contribution in [1.29, 1.82) is 0 Å². The molecule has 0 amide bonds. The molecular weight excluding hydrogens is 366 g/mol. The summed E-state index contributed by atoms with van der Waals surface area (Å²) in [7, 11) is -0.749. The van der Waals surface area contributed by atoms with Gasteiger partial charge in [0.05, 0.1) is 26.9 Å². The standard InChI is InChI=1S/C20H25NO5S/c1-15-14-26-18(11-16-7-5-4-6-8-16)13-21(15)27(22,23)20-10-9-17(24-2)12-19(20)25-3/h4-10,12,15,18H,11,13-14H2,1-3H3. The number of ether oxygens (including phenoxy) is 3. The molecule has 7 heteroatoms. The van der Waals surface area contributed by atoms with Gasteiger partial charge in [0.25, 0.3) is 0 Å². The molecule has 3 rings (SSSR count). The van der Waals surface area contributed by atoms with E-state index in [-0.39, 0.29) is 22.8 Å². The van der Waals surface area contributed by atoms with Crippen LogP contribution in [0.1, 0.15) is 12.5 Å². The topological polar surface area (TPSA) is 65.1 Å². The van der Waals surface area contributed by atoms with Gasteiger partial charge < -0.3 is 14.2 Å². The van der Waals surface area contributed by atoms with Crippen LogP contribution in [0.15, 0.2) is 53.4 Å². The van der Waals surface area contributed by atoms with Gasteiger partial charge >= 0.3 is 0 Å². The molecule has 6 nitrogen and oxygen atoms in total. The molecule has 2 unspecified atom stereocenters. The summed E-state index contributed by atoms with van der Waals surface area (Å²) in [5.41, 5.74) is 1.12. The van der Waals surface area contributed by atoms with Crippen LogP contribution in [0.4, 0.5) is 0 Å². The number of hydrogen-bond donors (Lipinski definition) is 0. The quantitative estimate of drug-likeness (QED) is 0.758. The second kappa shape index (κ2) is 8.29. The van der Waals surface area contributed by atoms with Crippen LogP contribution in [0.3, 0.4) is 0 Å². The molecule has 0 aliphatic carbocycles. The lowest BCUT2D eigenvalue weighted by Crippen LogP contribution is -2.51. The van der Waals surface area contributed by atoms with Crippen molar-refractivity contribution in [2.24, 2.45) is 0 Å². The minimum Gasteiger partial charge on any atom is -0.497 e. The lowest BCUT2D eigenvalue weighted by Gasteiger charge is -2.37. The van der Waals surface area contributed by atoms with Crippen molar-refractivity contribution in [3.63, 3.8) is 0 Å². The monoisotopic (exact) mass is 391 g/mol. The van der Waals surface area contributed by atoms with Gasteiger partial charge in [0, 0.05) is 18.7 Å². The minimum absolute atomic E-state index is 0.137. The van der Waals surface area contributed by atoms with Crippen LogP contribution in [0.25, 0.3) is 0 Å². The fourth-order valence-corrected chi connectivity index (χ4v) is 5.03. The fraction of sp³-hybridized carbons (Fsp3) is 0.400. The summed E-state index contributed by atoms with van der Waals surface area (Å²) in [5, 5.41) is 0. The van der Waals surface area contributed by atoms with E-state index in [4.69, 9.17) is 14.2 Å². The first kappa shape index (κ1) is 19.7. The summed E-state index contributed by atoms with van der Waals surface area (Å²) in [6.07, 6.45) is 0.474. The molecule has 146 valence electrons. The number of sulfonamides is 1. The van der Waals surface area contributed by atoms with Crippen molar-refractivity contribution >= 4 is 10.0 Å². The van der Waals surface area contributed by atoms with E-state index < -0.39 is 10.0 Å². The molecule has 2 aromatic rings. The van der Waals surface area contributed by atoms with Crippen LogP contribution in [-0.4, -0.2) is 52.2 Å². The highest BCUT2D eigenvalue weighted by atomic mass is 32.2. The second-order valence-electron chi connectivity index (χ2n) is 6.59. The van der Waals surface area contributed by atoms with Crippen LogP contribution in [0.2, 0.25) is 0 Å². The van der Waals surface area contributed by atoms with E-state index >= 15 is 0 Å². The van der Waals surface area contributed by atoms with Gasteiger partial charge in [-0.25, -0.2) is 8.42 Å². The van der Waals surface area contributed by atoms with Gasteiger partial charge in [0.1, 0.15) is 16.4 Å². The van der Waals surface area contributed by atoms with Gasteiger partial charge in [0.15, 0.2) is 0 Å². The molecule has 1 aliphatic heterocycles. The molecule has 0 spiro atoms. The van der Waals surface area contributed by atoms with Crippen molar-refractivity contribution in [1.82, 2.24) is 4.31 Å². The maximum Gasteiger partial charge on any atom is 0.247 e. The Balaban J connectivity index is 1.86. The van der Waals surface area contributed by atoms with Crippen LogP contribution in [-0.2, 0) is 21.2 Å². The molecule has 2 aromatic carbocycles. The smallest absolute Gasteiger partial charge is 0.247 e. The van der Waals surface area contributed by atoms with Crippen LogP contribution in [0, 0.1) is 0 Å². The molecule has 0 radical (unpaired) electrons. The second-order valence-corrected chi connectivity index (χ2v) is 8.44. The molecule has 0 bridgehead atoms. The predicted molar refractivity (Wildman–Crippen MR) is 103 cm³/mol. The molecule has 0 N–H and O–H groups in total. The summed E-state index contributed by atoms with van der Waals surface area (Å²) >= 11 is 0. The molecule has 0 saturated carbocycles. The minimum atomic E-state index is -3.73. The number of nitrogens with zero attached hydrogens (tertiary/aromatic N) is 1. The van der Waals surface area contributed by atoms with Crippen molar-refractivity contribution in [3.8, 4) is 11.5 Å². The van der Waals surface area contributed by atoms with E-state index in [2.05, 4.69) is 0 Å². The zero-order valence-corrected chi connectivity index (χ0v) is 16.6. The highest BCUT2D eigenvalue weighted by Crippen LogP contribution is 2.32. The maximum absolute atomic E-state index is 13.3. The number of methoxy groups -OCH3 is 2. The molecule has 1 saturated heterocycles. The highest BCUT2D eigenvalue weighted by Gasteiger charge is 2.37. The van der Waals surface area contributed by atoms with Crippen LogP contribution in [0.5, 0.6) is 11.5 Å². The average molecular weight is 391 g/mol. The summed E-state index contributed by atoms with van der Waals surface area (Å²) in [6, 6.07) is 14.4. The summed E-state index contributed by atoms with van der Waals surface area (Å²) in [4.78, 5) is 0.137. The van der Waals surface area contributed by atoms with E-state index in [1.165, 1.54) is 24.6 Å². The van der Waals surface area contributed by atoms with E-state index in [0.717, 1.165) is 5.56 Å². The van der Waals surface area contributed by atoms with E-state index in [9.17, 15) is 8.42 Å². The molecule has 0 aromatic heterocycles. The molecule has 2 atom stereocenters. The molecule has 1 heterocycles. The number of benzene rings is 2. The zero-order valence-electron chi connectivity index (χ0n) is 15.8. The van der Waals surface area contributed by atoms with Crippen LogP contribution >= 0.6 is 0 Å². The van der Waals surface area contributed by atoms with Crippen molar-refractivity contribution in [2.45, 2.75) is 30.4 Å². The Labute approximate surface area is 160 Å². The Hall–Kier alpha value is -2.09. The summed E-state index contributed by atoms with van der Waals surface area (Å²) in [6.45, 7) is 2.51. The number of hydrogen-bond acceptors (Lipinski definition) is 5. The lowest BCUT2D eigenvalue weighted by atomic mass is 10.1. The maximum atomic E-state index is 13.3. The summed E-state index contributed by atoms with van der Waals surface area (Å²) in [5.74, 6) is 0.815. The zero-order chi connectivity index (χ0) is 19.4. The fourth-order valence-electron chi connectivity index (χ4n) is 3.24. The van der Waals surface area contributed by atoms with Gasteiger partial charge in [0.2, 0.25) is 10.0 Å².